The van der Waals surface area contributed by atoms with E-state index in [4.69, 9.17) is 0 Å². The van der Waals surface area contributed by atoms with Crippen molar-refractivity contribution in [1.82, 2.24) is 29.9 Å². The maximum atomic E-state index is 13.1. The van der Waals surface area contributed by atoms with Gasteiger partial charge in [0.05, 0.1) is 4.88 Å². The van der Waals surface area contributed by atoms with Crippen molar-refractivity contribution in [3.63, 3.8) is 0 Å². The molecule has 1 saturated heterocycles. The summed E-state index contributed by atoms with van der Waals surface area (Å²) in [6, 6.07) is 13.5. The van der Waals surface area contributed by atoms with Gasteiger partial charge in [-0.2, -0.15) is 5.10 Å². The number of thiophene rings is 1. The second-order valence-corrected chi connectivity index (χ2v) is 8.38. The Labute approximate surface area is 189 Å². The van der Waals surface area contributed by atoms with E-state index < -0.39 is 0 Å². The van der Waals surface area contributed by atoms with Crippen LogP contribution in [0.25, 0.3) is 10.6 Å². The van der Waals surface area contributed by atoms with Crippen LogP contribution in [0.3, 0.4) is 0 Å². The molecule has 4 aromatic heterocycles. The number of hydrogen-bond donors (Lipinski definition) is 1. The first-order valence-electron chi connectivity index (χ1n) is 10.3. The molecule has 1 fully saturated rings. The largest absolute Gasteiger partial charge is 0.352 e. The van der Waals surface area contributed by atoms with Gasteiger partial charge < -0.3 is 15.1 Å². The Balaban J connectivity index is 1.20. The molecule has 0 radical (unpaired) electrons. The second-order valence-electron chi connectivity index (χ2n) is 7.43. The van der Waals surface area contributed by atoms with Gasteiger partial charge in [0, 0.05) is 51.3 Å². The van der Waals surface area contributed by atoms with E-state index in [1.165, 1.54) is 0 Å². The number of nitrogens with zero attached hydrogens (tertiary/aromatic N) is 7. The number of pyridine rings is 1. The van der Waals surface area contributed by atoms with E-state index in [0.717, 1.165) is 22.1 Å². The van der Waals surface area contributed by atoms with Crippen LogP contribution in [0, 0.1) is 0 Å². The zero-order valence-corrected chi connectivity index (χ0v) is 18.4. The van der Waals surface area contributed by atoms with Crippen molar-refractivity contribution in [2.24, 2.45) is 7.05 Å². The van der Waals surface area contributed by atoms with E-state index in [1.807, 2.05) is 59.8 Å². The molecule has 0 saturated carbocycles. The van der Waals surface area contributed by atoms with Crippen LogP contribution >= 0.6 is 11.3 Å². The van der Waals surface area contributed by atoms with Gasteiger partial charge in [0.1, 0.15) is 11.4 Å². The molecule has 32 heavy (non-hydrogen) atoms. The van der Waals surface area contributed by atoms with Gasteiger partial charge in [-0.3, -0.25) is 14.5 Å². The molecule has 4 aromatic rings. The predicted octanol–water partition coefficient (Wildman–Crippen LogP) is 3.04. The summed E-state index contributed by atoms with van der Waals surface area (Å²) in [5, 5.41) is 18.3. The van der Waals surface area contributed by atoms with Crippen LogP contribution < -0.4 is 10.2 Å². The highest BCUT2D eigenvalue weighted by molar-refractivity contribution is 7.13. The second kappa shape index (κ2) is 8.75. The number of rotatable bonds is 5. The first-order chi connectivity index (χ1) is 15.7. The molecule has 1 amide bonds. The van der Waals surface area contributed by atoms with Gasteiger partial charge in [-0.25, -0.2) is 0 Å². The minimum Gasteiger partial charge on any atom is -0.352 e. The zero-order valence-electron chi connectivity index (χ0n) is 17.5. The predicted molar refractivity (Wildman–Crippen MR) is 124 cm³/mol. The SMILES string of the molecule is Cn1nc(-c2cccs2)cc1C(=O)N1CCN(c2ccc(Nc3ccncc3)nn2)CC1. The van der Waals surface area contributed by atoms with Gasteiger partial charge in [-0.1, -0.05) is 6.07 Å². The summed E-state index contributed by atoms with van der Waals surface area (Å²) in [6.07, 6.45) is 3.44. The van der Waals surface area contributed by atoms with Gasteiger partial charge in [-0.15, -0.1) is 21.5 Å². The van der Waals surface area contributed by atoms with Crippen LogP contribution in [0.2, 0.25) is 0 Å². The minimum atomic E-state index is 0.00504. The number of aromatic nitrogens is 5. The molecule has 162 valence electrons. The summed E-state index contributed by atoms with van der Waals surface area (Å²) in [5.41, 5.74) is 2.35. The lowest BCUT2D eigenvalue weighted by atomic mass is 10.2. The molecule has 1 aliphatic heterocycles. The first-order valence-corrected chi connectivity index (χ1v) is 11.2. The van der Waals surface area contributed by atoms with Crippen molar-refractivity contribution in [2.75, 3.05) is 36.4 Å². The van der Waals surface area contributed by atoms with E-state index in [2.05, 4.69) is 30.5 Å². The number of piperazine rings is 1. The van der Waals surface area contributed by atoms with E-state index in [9.17, 15) is 4.79 Å². The van der Waals surface area contributed by atoms with Crippen molar-refractivity contribution < 1.29 is 4.79 Å². The summed E-state index contributed by atoms with van der Waals surface area (Å²) in [5.74, 6) is 1.48. The third kappa shape index (κ3) is 4.17. The summed E-state index contributed by atoms with van der Waals surface area (Å²) < 4.78 is 1.67. The number of carbonyl (C=O) groups is 1. The molecule has 0 unspecified atom stereocenters. The van der Waals surface area contributed by atoms with Crippen LogP contribution in [-0.4, -0.2) is 61.9 Å². The average molecular weight is 447 g/mol. The molecular formula is C22H22N8OS. The zero-order chi connectivity index (χ0) is 21.9. The molecular weight excluding hydrogens is 424 g/mol. The Morgan fingerprint density at radius 2 is 1.84 bits per heavy atom. The molecule has 0 aliphatic carbocycles. The number of hydrogen-bond acceptors (Lipinski definition) is 8. The number of nitrogens with one attached hydrogen (secondary N) is 1. The van der Waals surface area contributed by atoms with Crippen molar-refractivity contribution >= 4 is 34.6 Å². The van der Waals surface area contributed by atoms with Crippen LogP contribution in [0.4, 0.5) is 17.3 Å². The summed E-state index contributed by atoms with van der Waals surface area (Å²) in [7, 11) is 1.82. The minimum absolute atomic E-state index is 0.00504. The Morgan fingerprint density at radius 3 is 2.53 bits per heavy atom. The topological polar surface area (TPSA) is 92.1 Å². The Kier molecular flexibility index (Phi) is 5.51. The quantitative estimate of drug-likeness (QED) is 0.504. The first kappa shape index (κ1) is 20.1. The fourth-order valence-corrected chi connectivity index (χ4v) is 4.34. The number of aryl methyl sites for hydroxylation is 1. The maximum Gasteiger partial charge on any atom is 0.272 e. The van der Waals surface area contributed by atoms with Gasteiger partial charge in [0.25, 0.3) is 5.91 Å². The fourth-order valence-electron chi connectivity index (χ4n) is 3.66. The fraction of sp³-hybridized carbons (Fsp3) is 0.227. The monoisotopic (exact) mass is 446 g/mol. The molecule has 0 aromatic carbocycles. The van der Waals surface area contributed by atoms with Crippen LogP contribution in [0.5, 0.6) is 0 Å². The molecule has 5 heterocycles. The van der Waals surface area contributed by atoms with Crippen LogP contribution in [-0.2, 0) is 7.05 Å². The van der Waals surface area contributed by atoms with Crippen LogP contribution in [0.15, 0.2) is 60.2 Å². The highest BCUT2D eigenvalue weighted by Crippen LogP contribution is 2.25. The van der Waals surface area contributed by atoms with Crippen molar-refractivity contribution in [3.05, 3.63) is 65.9 Å². The summed E-state index contributed by atoms with van der Waals surface area (Å²) >= 11 is 1.62. The molecule has 0 spiro atoms. The van der Waals surface area contributed by atoms with Gasteiger partial charge in [0.15, 0.2) is 11.6 Å². The summed E-state index contributed by atoms with van der Waals surface area (Å²) in [6.45, 7) is 2.65. The highest BCUT2D eigenvalue weighted by Gasteiger charge is 2.25. The Bertz CT molecular complexity index is 1180. The molecule has 1 aliphatic rings. The lowest BCUT2D eigenvalue weighted by molar-refractivity contribution is 0.0735. The Morgan fingerprint density at radius 1 is 1.03 bits per heavy atom. The van der Waals surface area contributed by atoms with E-state index in [-0.39, 0.29) is 5.91 Å². The van der Waals surface area contributed by atoms with Crippen molar-refractivity contribution in [2.45, 2.75) is 0 Å². The molecule has 1 N–H and O–H groups in total. The normalized spacial score (nSPS) is 13.9. The van der Waals surface area contributed by atoms with Crippen LogP contribution in [0.1, 0.15) is 10.5 Å². The third-order valence-electron chi connectivity index (χ3n) is 5.37. The molecule has 9 nitrogen and oxygen atoms in total. The number of anilines is 3. The lowest BCUT2D eigenvalue weighted by Crippen LogP contribution is -2.49. The van der Waals surface area contributed by atoms with Gasteiger partial charge in [-0.05, 0) is 41.8 Å². The van der Waals surface area contributed by atoms with Gasteiger partial charge >= 0.3 is 0 Å². The standard InChI is InChI=1S/C22H22N8OS/c1-28-18(15-17(27-28)19-3-2-14-32-19)22(31)30-12-10-29(11-13-30)21-5-4-20(25-26-21)24-16-6-8-23-9-7-16/h2-9,14-15H,10-13H2,1H3,(H,23,24,25). The average Bonchev–Trinajstić information content (AvgIpc) is 3.50. The molecule has 0 bridgehead atoms. The maximum absolute atomic E-state index is 13.1. The number of amides is 1. The Hall–Kier alpha value is -3.79. The van der Waals surface area contributed by atoms with Crippen molar-refractivity contribution in [3.8, 4) is 10.6 Å². The lowest BCUT2D eigenvalue weighted by Gasteiger charge is -2.35. The van der Waals surface area contributed by atoms with E-state index in [0.29, 0.717) is 37.7 Å². The third-order valence-corrected chi connectivity index (χ3v) is 6.26. The smallest absolute Gasteiger partial charge is 0.272 e. The van der Waals surface area contributed by atoms with Crippen molar-refractivity contribution in [1.29, 1.82) is 0 Å². The molecule has 5 rings (SSSR count). The van der Waals surface area contributed by atoms with E-state index in [1.54, 1.807) is 28.4 Å². The number of carbonyl (C=O) groups excluding carboxylic acids is 1. The summed E-state index contributed by atoms with van der Waals surface area (Å²) in [4.78, 5) is 22.2. The molecule has 0 atom stereocenters. The highest BCUT2D eigenvalue weighted by atomic mass is 32.1. The molecule has 10 heteroatoms. The van der Waals surface area contributed by atoms with Gasteiger partial charge in [0.2, 0.25) is 0 Å². The van der Waals surface area contributed by atoms with E-state index >= 15 is 0 Å².